The molecule has 0 atom stereocenters. The third-order valence-corrected chi connectivity index (χ3v) is 3.45. The summed E-state index contributed by atoms with van der Waals surface area (Å²) in [5, 5.41) is 0. The summed E-state index contributed by atoms with van der Waals surface area (Å²) in [5.41, 5.74) is 1.02. The van der Waals surface area contributed by atoms with Gasteiger partial charge in [0.2, 0.25) is 0 Å². The lowest BCUT2D eigenvalue weighted by Gasteiger charge is -2.26. The van der Waals surface area contributed by atoms with Crippen LogP contribution in [0.25, 0.3) is 0 Å². The van der Waals surface area contributed by atoms with E-state index in [2.05, 4.69) is 4.72 Å². The largest absolute Gasteiger partial charge is 0.334 e. The molecule has 0 bridgehead atoms. The Morgan fingerprint density at radius 3 is 2.10 bits per heavy atom. The smallest absolute Gasteiger partial charge is 0.178 e. The SMILES string of the molecule is CS(C)(O)Nc1ccc(C(=O)CCl)c(C(=O)CCl)c1.Cl. The summed E-state index contributed by atoms with van der Waals surface area (Å²) in [4.78, 5) is 23.4. The van der Waals surface area contributed by atoms with Crippen molar-refractivity contribution in [2.45, 2.75) is 0 Å². The van der Waals surface area contributed by atoms with Crippen molar-refractivity contribution in [2.24, 2.45) is 0 Å². The van der Waals surface area contributed by atoms with Gasteiger partial charge in [-0.1, -0.05) is 10.5 Å². The fraction of sp³-hybridized carbons (Fsp3) is 0.333. The van der Waals surface area contributed by atoms with E-state index in [0.29, 0.717) is 5.69 Å². The Hall–Kier alpha value is -0.460. The van der Waals surface area contributed by atoms with Crippen molar-refractivity contribution in [1.29, 1.82) is 0 Å². The highest BCUT2D eigenvalue weighted by atomic mass is 35.5. The van der Waals surface area contributed by atoms with Crippen LogP contribution in [-0.4, -0.2) is 40.4 Å². The number of ketones is 2. The van der Waals surface area contributed by atoms with E-state index in [1.807, 2.05) is 0 Å². The molecule has 0 spiro atoms. The highest BCUT2D eigenvalue weighted by molar-refractivity contribution is 8.29. The molecule has 0 unspecified atom stereocenters. The molecular weight excluding hydrogens is 345 g/mol. The van der Waals surface area contributed by atoms with Gasteiger partial charge in [-0.05, 0) is 18.2 Å². The van der Waals surface area contributed by atoms with Crippen LogP contribution < -0.4 is 4.72 Å². The van der Waals surface area contributed by atoms with Crippen LogP contribution in [0, 0.1) is 0 Å². The number of alkyl halides is 2. The first-order chi connectivity index (χ1) is 8.78. The summed E-state index contributed by atoms with van der Waals surface area (Å²) < 4.78 is 12.6. The number of rotatable bonds is 6. The molecule has 4 nitrogen and oxygen atoms in total. The van der Waals surface area contributed by atoms with Crippen LogP contribution in [0.15, 0.2) is 18.2 Å². The number of Topliss-reactive ketones (excluding diaryl/α,β-unsaturated/α-hetero) is 2. The van der Waals surface area contributed by atoms with Crippen LogP contribution >= 0.6 is 46.1 Å². The number of halogens is 3. The van der Waals surface area contributed by atoms with Crippen molar-refractivity contribution in [3.63, 3.8) is 0 Å². The van der Waals surface area contributed by atoms with E-state index in [4.69, 9.17) is 23.2 Å². The first-order valence-corrected chi connectivity index (χ1v) is 8.82. The van der Waals surface area contributed by atoms with E-state index in [9.17, 15) is 14.1 Å². The number of benzene rings is 1. The number of hydrogen-bond donors (Lipinski definition) is 2. The van der Waals surface area contributed by atoms with Crippen molar-refractivity contribution < 1.29 is 14.1 Å². The van der Waals surface area contributed by atoms with E-state index >= 15 is 0 Å². The lowest BCUT2D eigenvalue weighted by Crippen LogP contribution is -2.13. The van der Waals surface area contributed by atoms with E-state index in [-0.39, 0.29) is 46.9 Å². The fourth-order valence-electron chi connectivity index (χ4n) is 1.51. The fourth-order valence-corrected chi connectivity index (χ4v) is 2.51. The third-order valence-electron chi connectivity index (χ3n) is 2.23. The van der Waals surface area contributed by atoms with Crippen molar-refractivity contribution in [3.8, 4) is 0 Å². The average Bonchev–Trinajstić information content (AvgIpc) is 2.35. The second-order valence-corrected chi connectivity index (χ2v) is 7.53. The van der Waals surface area contributed by atoms with Crippen LogP contribution in [0.2, 0.25) is 0 Å². The second-order valence-electron chi connectivity index (χ2n) is 4.25. The molecule has 1 aromatic carbocycles. The predicted molar refractivity (Wildman–Crippen MR) is 89.5 cm³/mol. The normalized spacial score (nSPS) is 11.4. The van der Waals surface area contributed by atoms with Gasteiger partial charge in [0.1, 0.15) is 0 Å². The van der Waals surface area contributed by atoms with Crippen LogP contribution in [0.4, 0.5) is 5.69 Å². The minimum Gasteiger partial charge on any atom is -0.334 e. The maximum Gasteiger partial charge on any atom is 0.178 e. The maximum atomic E-state index is 11.8. The standard InChI is InChI=1S/C12H15Cl2NO3S.ClH/c1-19(2,18)15-8-3-4-9(11(16)6-13)10(5-8)12(17)7-14;/h3-5,15,18H,6-7H2,1-2H3;1H. The van der Waals surface area contributed by atoms with E-state index in [1.54, 1.807) is 18.6 Å². The van der Waals surface area contributed by atoms with Gasteiger partial charge in [-0.2, -0.15) is 0 Å². The summed E-state index contributed by atoms with van der Waals surface area (Å²) in [5.74, 6) is -1.12. The van der Waals surface area contributed by atoms with Gasteiger partial charge in [-0.15, -0.1) is 35.6 Å². The number of nitrogens with one attached hydrogen (secondary N) is 1. The lowest BCUT2D eigenvalue weighted by molar-refractivity contribution is 0.0984. The Morgan fingerprint density at radius 1 is 1.15 bits per heavy atom. The first kappa shape index (κ1) is 19.5. The second kappa shape index (κ2) is 8.10. The van der Waals surface area contributed by atoms with Gasteiger partial charge in [-0.3, -0.25) is 9.59 Å². The summed E-state index contributed by atoms with van der Waals surface area (Å²) in [6.45, 7) is 0. The molecule has 0 aromatic heterocycles. The molecule has 0 aliphatic rings. The zero-order chi connectivity index (χ0) is 14.6. The third kappa shape index (κ3) is 5.50. The van der Waals surface area contributed by atoms with Crippen LogP contribution in [-0.2, 0) is 0 Å². The number of carbonyl (C=O) groups excluding carboxylic acids is 2. The van der Waals surface area contributed by atoms with Gasteiger partial charge in [0.15, 0.2) is 11.6 Å². The van der Waals surface area contributed by atoms with Crippen molar-refractivity contribution in [3.05, 3.63) is 29.3 Å². The highest BCUT2D eigenvalue weighted by Crippen LogP contribution is 2.35. The molecule has 0 heterocycles. The Kier molecular flexibility index (Phi) is 7.91. The first-order valence-electron chi connectivity index (χ1n) is 5.34. The van der Waals surface area contributed by atoms with Crippen LogP contribution in [0.1, 0.15) is 20.7 Å². The summed E-state index contributed by atoms with van der Waals surface area (Å²) in [6.07, 6.45) is 3.29. The van der Waals surface area contributed by atoms with Crippen LogP contribution in [0.3, 0.4) is 0 Å². The van der Waals surface area contributed by atoms with Gasteiger partial charge in [0.05, 0.1) is 11.8 Å². The number of anilines is 1. The molecule has 0 fully saturated rings. The molecule has 0 radical (unpaired) electrons. The van der Waals surface area contributed by atoms with Gasteiger partial charge in [0.25, 0.3) is 0 Å². The molecule has 114 valence electrons. The summed E-state index contributed by atoms with van der Waals surface area (Å²) in [6, 6.07) is 4.64. The molecule has 0 amide bonds. The lowest BCUT2D eigenvalue weighted by atomic mass is 10.0. The molecule has 1 rings (SSSR count). The van der Waals surface area contributed by atoms with Gasteiger partial charge in [-0.25, -0.2) is 0 Å². The molecule has 2 N–H and O–H groups in total. The predicted octanol–water partition coefficient (Wildman–Crippen LogP) is 3.82. The molecule has 0 aliphatic carbocycles. The Labute approximate surface area is 135 Å². The molecular formula is C12H16Cl3NO3S. The number of hydrogen-bond acceptors (Lipinski definition) is 4. The quantitative estimate of drug-likeness (QED) is 0.598. The molecule has 0 saturated carbocycles. The Morgan fingerprint density at radius 2 is 1.65 bits per heavy atom. The maximum absolute atomic E-state index is 11.8. The minimum atomic E-state index is -1.97. The van der Waals surface area contributed by atoms with Gasteiger partial charge >= 0.3 is 0 Å². The Balaban J connectivity index is 0.00000361. The zero-order valence-corrected chi connectivity index (χ0v) is 14.1. The molecule has 0 saturated heterocycles. The Bertz CT molecular complexity index is 503. The monoisotopic (exact) mass is 359 g/mol. The molecule has 20 heavy (non-hydrogen) atoms. The highest BCUT2D eigenvalue weighted by Gasteiger charge is 2.17. The molecule has 8 heteroatoms. The van der Waals surface area contributed by atoms with Gasteiger partial charge in [0, 0.05) is 29.3 Å². The minimum absolute atomic E-state index is 0. The topological polar surface area (TPSA) is 66.4 Å². The summed E-state index contributed by atoms with van der Waals surface area (Å²) >= 11 is 11.0. The van der Waals surface area contributed by atoms with Crippen LogP contribution in [0.5, 0.6) is 0 Å². The van der Waals surface area contributed by atoms with Crippen molar-refractivity contribution >= 4 is 63.4 Å². The van der Waals surface area contributed by atoms with Gasteiger partial charge < -0.3 is 9.27 Å². The van der Waals surface area contributed by atoms with Crippen molar-refractivity contribution in [2.75, 3.05) is 29.0 Å². The van der Waals surface area contributed by atoms with E-state index in [1.165, 1.54) is 12.1 Å². The average molecular weight is 361 g/mol. The molecule has 0 aliphatic heterocycles. The van der Waals surface area contributed by atoms with Crippen molar-refractivity contribution in [1.82, 2.24) is 0 Å². The molecule has 1 aromatic rings. The number of carbonyl (C=O) groups is 2. The summed E-state index contributed by atoms with van der Waals surface area (Å²) in [7, 11) is -1.97. The zero-order valence-electron chi connectivity index (χ0n) is 11.0. The van der Waals surface area contributed by atoms with E-state index < -0.39 is 10.5 Å². The van der Waals surface area contributed by atoms with E-state index in [0.717, 1.165) is 0 Å².